The molecule has 3 aromatic heterocycles. The van der Waals surface area contributed by atoms with Gasteiger partial charge in [-0.1, -0.05) is 44.5 Å². The Morgan fingerprint density at radius 3 is 2.64 bits per heavy atom. The second kappa shape index (κ2) is 9.51. The molecule has 0 aliphatic carbocycles. The average Bonchev–Trinajstić information content (AvgIpc) is 3.52. The first-order valence-corrected chi connectivity index (χ1v) is 12.2. The molecule has 1 fully saturated rings. The van der Waals surface area contributed by atoms with Crippen molar-refractivity contribution in [3.63, 3.8) is 0 Å². The van der Waals surface area contributed by atoms with E-state index >= 15 is 0 Å². The van der Waals surface area contributed by atoms with Gasteiger partial charge >= 0.3 is 11.8 Å². The normalized spacial score (nSPS) is 15.3. The summed E-state index contributed by atoms with van der Waals surface area (Å²) in [7, 11) is 0. The molecular weight excluding hydrogens is 482 g/mol. The predicted octanol–water partition coefficient (Wildman–Crippen LogP) is 4.06. The summed E-state index contributed by atoms with van der Waals surface area (Å²) in [6, 6.07) is 7.39. The van der Waals surface area contributed by atoms with Gasteiger partial charge in [0.05, 0.1) is 42.4 Å². The molecular formula is C25H28ClN7O3. The van der Waals surface area contributed by atoms with E-state index in [2.05, 4.69) is 36.6 Å². The molecule has 0 saturated carbocycles. The number of morpholine rings is 1. The first-order valence-electron chi connectivity index (χ1n) is 11.8. The second-order valence-corrected chi connectivity index (χ2v) is 10.2. The van der Waals surface area contributed by atoms with Crippen LogP contribution in [0.2, 0.25) is 5.02 Å². The summed E-state index contributed by atoms with van der Waals surface area (Å²) >= 11 is 6.67. The summed E-state index contributed by atoms with van der Waals surface area (Å²) in [6.07, 6.45) is 3.54. The molecule has 1 unspecified atom stereocenters. The van der Waals surface area contributed by atoms with Crippen molar-refractivity contribution >= 4 is 28.7 Å². The van der Waals surface area contributed by atoms with Crippen LogP contribution in [-0.4, -0.2) is 57.0 Å². The Hall–Kier alpha value is -3.50. The fourth-order valence-electron chi connectivity index (χ4n) is 4.11. The molecule has 1 aliphatic heterocycles. The quantitative estimate of drug-likeness (QED) is 0.429. The van der Waals surface area contributed by atoms with Crippen LogP contribution in [0.15, 0.2) is 41.2 Å². The zero-order valence-electron chi connectivity index (χ0n) is 20.7. The fraction of sp³-hybridized carbons (Fsp3) is 0.400. The number of hydrogen-bond acceptors (Lipinski definition) is 8. The maximum atomic E-state index is 12.7. The molecule has 1 saturated heterocycles. The van der Waals surface area contributed by atoms with Crippen molar-refractivity contribution in [3.05, 3.63) is 59.2 Å². The van der Waals surface area contributed by atoms with Crippen LogP contribution in [0, 0.1) is 0 Å². The smallest absolute Gasteiger partial charge is 0.309 e. The first kappa shape index (κ1) is 24.2. The number of nitrogens with zero attached hydrogens (tertiary/aromatic N) is 6. The SMILES string of the molecule is CC(NC(=O)c1nnc(C(C)(C)C)o1)c1ccc(-c2ncnn3cc(N4CCOCC4)cc23)cc1Cl. The van der Waals surface area contributed by atoms with Gasteiger partial charge in [-0.05, 0) is 24.6 Å². The van der Waals surface area contributed by atoms with Gasteiger partial charge < -0.3 is 19.4 Å². The van der Waals surface area contributed by atoms with Crippen molar-refractivity contribution in [2.24, 2.45) is 0 Å². The van der Waals surface area contributed by atoms with Gasteiger partial charge in [0.2, 0.25) is 5.89 Å². The summed E-state index contributed by atoms with van der Waals surface area (Å²) in [4.78, 5) is 19.5. The summed E-state index contributed by atoms with van der Waals surface area (Å²) in [5.74, 6) is -0.125. The molecule has 5 rings (SSSR count). The number of amides is 1. The molecule has 36 heavy (non-hydrogen) atoms. The molecule has 0 radical (unpaired) electrons. The Balaban J connectivity index is 1.36. The molecule has 11 heteroatoms. The van der Waals surface area contributed by atoms with Gasteiger partial charge in [-0.25, -0.2) is 9.50 Å². The van der Waals surface area contributed by atoms with Crippen LogP contribution in [0.4, 0.5) is 5.69 Å². The van der Waals surface area contributed by atoms with Crippen molar-refractivity contribution in [3.8, 4) is 11.3 Å². The molecule has 1 amide bonds. The topological polar surface area (TPSA) is 111 Å². The third-order valence-electron chi connectivity index (χ3n) is 6.12. The number of anilines is 1. The second-order valence-electron chi connectivity index (χ2n) is 9.83. The van der Waals surface area contributed by atoms with Gasteiger partial charge in [0.15, 0.2) is 0 Å². The highest BCUT2D eigenvalue weighted by Crippen LogP contribution is 2.32. The predicted molar refractivity (Wildman–Crippen MR) is 135 cm³/mol. The van der Waals surface area contributed by atoms with Gasteiger partial charge in [-0.2, -0.15) is 5.10 Å². The van der Waals surface area contributed by atoms with E-state index in [1.807, 2.05) is 56.6 Å². The Kier molecular flexibility index (Phi) is 6.40. The fourth-order valence-corrected chi connectivity index (χ4v) is 4.46. The lowest BCUT2D eigenvalue weighted by Crippen LogP contribution is -2.35. The average molecular weight is 510 g/mol. The van der Waals surface area contributed by atoms with Crippen molar-refractivity contribution in [1.82, 2.24) is 30.1 Å². The molecule has 1 N–H and O–H groups in total. The number of halogens is 1. The van der Waals surface area contributed by atoms with E-state index in [1.165, 1.54) is 6.33 Å². The van der Waals surface area contributed by atoms with Crippen LogP contribution >= 0.6 is 11.6 Å². The summed E-state index contributed by atoms with van der Waals surface area (Å²) in [6.45, 7) is 10.8. The van der Waals surface area contributed by atoms with E-state index < -0.39 is 5.91 Å². The number of benzene rings is 1. The van der Waals surface area contributed by atoms with E-state index in [9.17, 15) is 4.79 Å². The zero-order chi connectivity index (χ0) is 25.4. The van der Waals surface area contributed by atoms with Gasteiger partial charge in [0.25, 0.3) is 0 Å². The van der Waals surface area contributed by atoms with E-state index in [1.54, 1.807) is 0 Å². The monoisotopic (exact) mass is 509 g/mol. The summed E-state index contributed by atoms with van der Waals surface area (Å²) < 4.78 is 12.8. The highest BCUT2D eigenvalue weighted by atomic mass is 35.5. The van der Waals surface area contributed by atoms with Crippen LogP contribution in [0.25, 0.3) is 16.8 Å². The minimum absolute atomic E-state index is 0.0767. The number of rotatable bonds is 5. The molecule has 1 aliphatic rings. The van der Waals surface area contributed by atoms with Crippen LogP contribution in [0.3, 0.4) is 0 Å². The molecule has 4 heterocycles. The van der Waals surface area contributed by atoms with Crippen LogP contribution in [0.5, 0.6) is 0 Å². The van der Waals surface area contributed by atoms with E-state index in [0.29, 0.717) is 24.1 Å². The minimum atomic E-state index is -0.452. The lowest BCUT2D eigenvalue weighted by atomic mass is 9.97. The molecule has 0 spiro atoms. The number of fused-ring (bicyclic) bond motifs is 1. The van der Waals surface area contributed by atoms with E-state index in [0.717, 1.165) is 41.1 Å². The van der Waals surface area contributed by atoms with E-state index in [4.69, 9.17) is 20.8 Å². The van der Waals surface area contributed by atoms with Crippen LogP contribution < -0.4 is 10.2 Å². The lowest BCUT2D eigenvalue weighted by Gasteiger charge is -2.27. The maximum Gasteiger partial charge on any atom is 0.309 e. The molecule has 188 valence electrons. The third kappa shape index (κ3) is 4.78. The van der Waals surface area contributed by atoms with Gasteiger partial charge in [0.1, 0.15) is 6.33 Å². The minimum Gasteiger partial charge on any atom is -0.416 e. The number of carbonyl (C=O) groups is 1. The number of aromatic nitrogens is 5. The highest BCUT2D eigenvalue weighted by Gasteiger charge is 2.25. The Morgan fingerprint density at radius 1 is 1.17 bits per heavy atom. The number of hydrogen-bond donors (Lipinski definition) is 1. The maximum absolute atomic E-state index is 12.7. The lowest BCUT2D eigenvalue weighted by molar-refractivity contribution is 0.0901. The molecule has 4 aromatic rings. The standard InChI is InChI=1S/C25H28ClN7O3/c1-15(29-22(34)23-30-31-24(36-23)25(2,3)4)18-6-5-16(11-19(18)26)21-20-12-17(13-33(20)28-14-27-21)32-7-9-35-10-8-32/h5-6,11-15H,7-10H2,1-4H3,(H,29,34). The molecule has 0 bridgehead atoms. The Bertz CT molecular complexity index is 1400. The Morgan fingerprint density at radius 2 is 1.94 bits per heavy atom. The van der Waals surface area contributed by atoms with Gasteiger partial charge in [0, 0.05) is 29.1 Å². The van der Waals surface area contributed by atoms with E-state index in [-0.39, 0.29) is 17.3 Å². The third-order valence-corrected chi connectivity index (χ3v) is 6.44. The first-order chi connectivity index (χ1) is 17.2. The summed E-state index contributed by atoms with van der Waals surface area (Å²) in [5, 5.41) is 15.6. The number of carbonyl (C=O) groups excluding carboxylic acids is 1. The van der Waals surface area contributed by atoms with Crippen molar-refractivity contribution in [2.45, 2.75) is 39.2 Å². The Labute approximate surface area is 213 Å². The molecule has 1 atom stereocenters. The van der Waals surface area contributed by atoms with Gasteiger partial charge in [-0.15, -0.1) is 10.2 Å². The number of ether oxygens (including phenoxy) is 1. The molecule has 10 nitrogen and oxygen atoms in total. The van der Waals surface area contributed by atoms with Crippen molar-refractivity contribution < 1.29 is 13.9 Å². The van der Waals surface area contributed by atoms with Gasteiger partial charge in [-0.3, -0.25) is 4.79 Å². The number of nitrogens with one attached hydrogen (secondary N) is 1. The summed E-state index contributed by atoms with van der Waals surface area (Å²) in [5.41, 5.74) is 4.01. The van der Waals surface area contributed by atoms with Crippen molar-refractivity contribution in [2.75, 3.05) is 31.2 Å². The van der Waals surface area contributed by atoms with Crippen molar-refractivity contribution in [1.29, 1.82) is 0 Å². The van der Waals surface area contributed by atoms with Crippen LogP contribution in [-0.2, 0) is 10.2 Å². The van der Waals surface area contributed by atoms with Crippen LogP contribution in [0.1, 0.15) is 55.9 Å². The highest BCUT2D eigenvalue weighted by molar-refractivity contribution is 6.31. The zero-order valence-corrected chi connectivity index (χ0v) is 21.4. The molecule has 1 aromatic carbocycles. The largest absolute Gasteiger partial charge is 0.416 e.